The number of rotatable bonds is 3. The summed E-state index contributed by atoms with van der Waals surface area (Å²) >= 11 is 0. The lowest BCUT2D eigenvalue weighted by atomic mass is 10.4. The van der Waals surface area contributed by atoms with Gasteiger partial charge in [0, 0.05) is 12.7 Å². The standard InChI is InChI=1S/C10H9F4N5/c1-2-15-9-16-5-6(11)8(17-9)19-4-3-7(18-19)10(12,13)14/h3-5H,2H2,1H3,(H,15,16,17). The van der Waals surface area contributed by atoms with E-state index in [9.17, 15) is 17.6 Å². The molecule has 1 N–H and O–H groups in total. The maximum atomic E-state index is 13.5. The van der Waals surface area contributed by atoms with Crippen molar-refractivity contribution in [3.8, 4) is 5.82 Å². The summed E-state index contributed by atoms with van der Waals surface area (Å²) in [5, 5.41) is 5.98. The molecule has 0 saturated heterocycles. The Kier molecular flexibility index (Phi) is 3.36. The molecule has 0 aliphatic rings. The van der Waals surface area contributed by atoms with E-state index in [1.54, 1.807) is 6.92 Å². The molecule has 5 nitrogen and oxygen atoms in total. The highest BCUT2D eigenvalue weighted by molar-refractivity contribution is 5.32. The van der Waals surface area contributed by atoms with Crippen molar-refractivity contribution >= 4 is 5.95 Å². The first-order valence-electron chi connectivity index (χ1n) is 5.31. The predicted molar refractivity (Wildman–Crippen MR) is 58.3 cm³/mol. The summed E-state index contributed by atoms with van der Waals surface area (Å²) in [4.78, 5) is 7.41. The van der Waals surface area contributed by atoms with E-state index in [0.29, 0.717) is 6.54 Å². The molecule has 0 aromatic carbocycles. The number of aromatic nitrogens is 4. The van der Waals surface area contributed by atoms with Crippen LogP contribution in [0, 0.1) is 5.82 Å². The van der Waals surface area contributed by atoms with E-state index in [-0.39, 0.29) is 11.8 Å². The highest BCUT2D eigenvalue weighted by Gasteiger charge is 2.34. The van der Waals surface area contributed by atoms with Crippen LogP contribution in [0.3, 0.4) is 0 Å². The van der Waals surface area contributed by atoms with Crippen LogP contribution in [0.25, 0.3) is 5.82 Å². The zero-order valence-electron chi connectivity index (χ0n) is 9.74. The molecule has 9 heteroatoms. The quantitative estimate of drug-likeness (QED) is 0.873. The van der Waals surface area contributed by atoms with Crippen molar-refractivity contribution in [2.75, 3.05) is 11.9 Å². The number of nitrogens with zero attached hydrogens (tertiary/aromatic N) is 4. The fraction of sp³-hybridized carbons (Fsp3) is 0.300. The Balaban J connectivity index is 2.41. The monoisotopic (exact) mass is 275 g/mol. The maximum absolute atomic E-state index is 13.5. The van der Waals surface area contributed by atoms with Gasteiger partial charge < -0.3 is 5.32 Å². The van der Waals surface area contributed by atoms with Gasteiger partial charge in [-0.15, -0.1) is 0 Å². The van der Waals surface area contributed by atoms with E-state index in [0.717, 1.165) is 23.1 Å². The lowest BCUT2D eigenvalue weighted by Gasteiger charge is -2.06. The fourth-order valence-corrected chi connectivity index (χ4v) is 1.36. The second-order valence-electron chi connectivity index (χ2n) is 3.54. The van der Waals surface area contributed by atoms with E-state index in [1.807, 2.05) is 0 Å². The Morgan fingerprint density at radius 1 is 1.37 bits per heavy atom. The Morgan fingerprint density at radius 2 is 2.11 bits per heavy atom. The molecule has 2 aromatic rings. The molecular weight excluding hydrogens is 266 g/mol. The molecule has 0 aliphatic carbocycles. The topological polar surface area (TPSA) is 55.6 Å². The van der Waals surface area contributed by atoms with Crippen LogP contribution in [-0.4, -0.2) is 26.3 Å². The highest BCUT2D eigenvalue weighted by atomic mass is 19.4. The lowest BCUT2D eigenvalue weighted by Crippen LogP contribution is -2.10. The molecule has 0 spiro atoms. The first-order chi connectivity index (χ1) is 8.91. The molecule has 2 aromatic heterocycles. The third-order valence-electron chi connectivity index (χ3n) is 2.16. The smallest absolute Gasteiger partial charge is 0.354 e. The molecule has 0 amide bonds. The number of anilines is 1. The van der Waals surface area contributed by atoms with Crippen LogP contribution in [0.5, 0.6) is 0 Å². The third-order valence-corrected chi connectivity index (χ3v) is 2.16. The van der Waals surface area contributed by atoms with Crippen LogP contribution in [0.4, 0.5) is 23.5 Å². The van der Waals surface area contributed by atoms with E-state index in [2.05, 4.69) is 20.4 Å². The molecule has 0 unspecified atom stereocenters. The third kappa shape index (κ3) is 2.80. The van der Waals surface area contributed by atoms with Crippen LogP contribution in [0.2, 0.25) is 0 Å². The van der Waals surface area contributed by atoms with Crippen LogP contribution < -0.4 is 5.32 Å². The Hall–Kier alpha value is -2.19. The van der Waals surface area contributed by atoms with E-state index < -0.39 is 17.7 Å². The molecule has 0 aliphatic heterocycles. The van der Waals surface area contributed by atoms with Gasteiger partial charge in [-0.3, -0.25) is 0 Å². The molecule has 102 valence electrons. The SMILES string of the molecule is CCNc1ncc(F)c(-n2ccc(C(F)(F)F)n2)n1. The molecule has 0 atom stereocenters. The van der Waals surface area contributed by atoms with Crippen molar-refractivity contribution in [2.24, 2.45) is 0 Å². The summed E-state index contributed by atoms with van der Waals surface area (Å²) in [5.41, 5.74) is -1.12. The second kappa shape index (κ2) is 4.82. The van der Waals surface area contributed by atoms with Gasteiger partial charge in [0.2, 0.25) is 5.95 Å². The number of hydrogen-bond acceptors (Lipinski definition) is 4. The van der Waals surface area contributed by atoms with Crippen LogP contribution in [0.1, 0.15) is 12.6 Å². The van der Waals surface area contributed by atoms with Crippen LogP contribution in [0.15, 0.2) is 18.5 Å². The Labute approximate surface area is 105 Å². The first-order valence-corrected chi connectivity index (χ1v) is 5.31. The van der Waals surface area contributed by atoms with E-state index in [4.69, 9.17) is 0 Å². The van der Waals surface area contributed by atoms with E-state index >= 15 is 0 Å². The maximum Gasteiger partial charge on any atom is 0.435 e. The molecule has 0 fully saturated rings. The lowest BCUT2D eigenvalue weighted by molar-refractivity contribution is -0.141. The van der Waals surface area contributed by atoms with Gasteiger partial charge in [0.05, 0.1) is 6.20 Å². The Morgan fingerprint density at radius 3 is 2.68 bits per heavy atom. The summed E-state index contributed by atoms with van der Waals surface area (Å²) in [6.07, 6.45) is -2.72. The minimum absolute atomic E-state index is 0.114. The largest absolute Gasteiger partial charge is 0.435 e. The molecule has 0 bridgehead atoms. The van der Waals surface area contributed by atoms with Gasteiger partial charge in [0.15, 0.2) is 17.3 Å². The predicted octanol–water partition coefficient (Wildman–Crippen LogP) is 2.25. The first kappa shape index (κ1) is 13.2. The summed E-state index contributed by atoms with van der Waals surface area (Å²) in [7, 11) is 0. The van der Waals surface area contributed by atoms with Crippen molar-refractivity contribution in [3.63, 3.8) is 0 Å². The number of nitrogens with one attached hydrogen (secondary N) is 1. The van der Waals surface area contributed by atoms with Gasteiger partial charge in [-0.05, 0) is 13.0 Å². The minimum Gasteiger partial charge on any atom is -0.354 e. The average molecular weight is 275 g/mol. The molecule has 0 saturated carbocycles. The minimum atomic E-state index is -4.58. The number of halogens is 4. The molecule has 2 heterocycles. The van der Waals surface area contributed by atoms with E-state index in [1.165, 1.54) is 0 Å². The zero-order valence-corrected chi connectivity index (χ0v) is 9.74. The highest BCUT2D eigenvalue weighted by Crippen LogP contribution is 2.27. The van der Waals surface area contributed by atoms with Gasteiger partial charge in [0.25, 0.3) is 0 Å². The molecule has 19 heavy (non-hydrogen) atoms. The number of hydrogen-bond donors (Lipinski definition) is 1. The Bertz CT molecular complexity index is 578. The molecule has 0 radical (unpaired) electrons. The summed E-state index contributed by atoms with van der Waals surface area (Å²) in [6.45, 7) is 2.28. The second-order valence-corrected chi connectivity index (χ2v) is 3.54. The van der Waals surface area contributed by atoms with Crippen LogP contribution in [-0.2, 0) is 6.18 Å². The van der Waals surface area contributed by atoms with Crippen molar-refractivity contribution in [1.29, 1.82) is 0 Å². The molecule has 2 rings (SSSR count). The van der Waals surface area contributed by atoms with Gasteiger partial charge >= 0.3 is 6.18 Å². The fourth-order valence-electron chi connectivity index (χ4n) is 1.36. The average Bonchev–Trinajstić information content (AvgIpc) is 2.81. The van der Waals surface area contributed by atoms with Crippen molar-refractivity contribution in [2.45, 2.75) is 13.1 Å². The summed E-state index contributed by atoms with van der Waals surface area (Å²) < 4.78 is 51.4. The van der Waals surface area contributed by atoms with Crippen molar-refractivity contribution < 1.29 is 17.6 Å². The van der Waals surface area contributed by atoms with Crippen molar-refractivity contribution in [1.82, 2.24) is 19.7 Å². The van der Waals surface area contributed by atoms with Crippen LogP contribution >= 0.6 is 0 Å². The van der Waals surface area contributed by atoms with Gasteiger partial charge in [-0.2, -0.15) is 23.3 Å². The summed E-state index contributed by atoms with van der Waals surface area (Å²) in [5.74, 6) is -1.09. The summed E-state index contributed by atoms with van der Waals surface area (Å²) in [6, 6.07) is 0.745. The normalized spacial score (nSPS) is 11.6. The van der Waals surface area contributed by atoms with Gasteiger partial charge in [0.1, 0.15) is 0 Å². The number of alkyl halides is 3. The van der Waals surface area contributed by atoms with Crippen molar-refractivity contribution in [3.05, 3.63) is 30.0 Å². The van der Waals surface area contributed by atoms with Gasteiger partial charge in [-0.25, -0.2) is 14.1 Å². The van der Waals surface area contributed by atoms with Gasteiger partial charge in [-0.1, -0.05) is 0 Å². The zero-order chi connectivity index (χ0) is 14.0. The molecular formula is C10H9F4N5.